The van der Waals surface area contributed by atoms with Crippen molar-refractivity contribution in [2.24, 2.45) is 0 Å². The van der Waals surface area contributed by atoms with Crippen LogP contribution in [-0.2, 0) is 10.2 Å². The number of nitrogen functional groups attached to an aromatic ring is 1. The third-order valence-electron chi connectivity index (χ3n) is 5.12. The molecule has 0 unspecified atom stereocenters. The van der Waals surface area contributed by atoms with Crippen molar-refractivity contribution in [1.29, 1.82) is 0 Å². The predicted molar refractivity (Wildman–Crippen MR) is 126 cm³/mol. The molecule has 1 saturated carbocycles. The fourth-order valence-electron chi connectivity index (χ4n) is 3.42. The zero-order valence-corrected chi connectivity index (χ0v) is 18.6. The molecule has 7 nitrogen and oxygen atoms in total. The number of nitrogens with one attached hydrogen (secondary N) is 2. The number of pyridine rings is 1. The summed E-state index contributed by atoms with van der Waals surface area (Å²) in [5.74, 6) is 0.156. The maximum Gasteiger partial charge on any atom is 0.249 e. The van der Waals surface area contributed by atoms with E-state index in [1.54, 1.807) is 18.5 Å². The number of rotatable bonds is 4. The molecule has 0 bridgehead atoms. The third kappa shape index (κ3) is 5.36. The minimum absolute atomic E-state index is 0.0806. The molecule has 2 heterocycles. The fourth-order valence-corrected chi connectivity index (χ4v) is 3.42. The van der Waals surface area contributed by atoms with Gasteiger partial charge in [0.1, 0.15) is 0 Å². The number of aromatic amines is 1. The Morgan fingerprint density at radius 1 is 1.00 bits per heavy atom. The van der Waals surface area contributed by atoms with Gasteiger partial charge in [-0.3, -0.25) is 9.59 Å². The first-order valence-corrected chi connectivity index (χ1v) is 10.8. The topological polar surface area (TPSA) is 114 Å². The lowest BCUT2D eigenvalue weighted by Crippen LogP contribution is -2.46. The van der Waals surface area contributed by atoms with Gasteiger partial charge in [0.15, 0.2) is 0 Å². The van der Waals surface area contributed by atoms with Gasteiger partial charge < -0.3 is 16.0 Å². The molecule has 1 aliphatic rings. The number of H-pyrrole nitrogens is 1. The molecule has 1 aliphatic carbocycles. The Balaban J connectivity index is 0.000000807. The highest BCUT2D eigenvalue weighted by Gasteiger charge is 2.45. The summed E-state index contributed by atoms with van der Waals surface area (Å²) >= 11 is 0. The van der Waals surface area contributed by atoms with Gasteiger partial charge in [0, 0.05) is 35.9 Å². The molecule has 0 saturated heterocycles. The number of nitrogens with two attached hydrogens (primary N) is 1. The Morgan fingerprint density at radius 2 is 1.61 bits per heavy atom. The number of anilines is 2. The molecule has 2 aromatic heterocycles. The lowest BCUT2D eigenvalue weighted by molar-refractivity contribution is -0.124. The molecule has 7 heteroatoms. The predicted octanol–water partition coefficient (Wildman–Crippen LogP) is 4.53. The van der Waals surface area contributed by atoms with Crippen LogP contribution in [-0.4, -0.2) is 20.9 Å². The van der Waals surface area contributed by atoms with Crippen molar-refractivity contribution in [1.82, 2.24) is 15.0 Å². The Labute approximate surface area is 183 Å². The number of aromatic nitrogens is 3. The Bertz CT molecular complexity index is 1020. The van der Waals surface area contributed by atoms with Crippen molar-refractivity contribution in [3.8, 4) is 11.1 Å². The van der Waals surface area contributed by atoms with E-state index in [2.05, 4.69) is 20.3 Å². The molecule has 164 valence electrons. The largest absolute Gasteiger partial charge is 0.368 e. The van der Waals surface area contributed by atoms with Crippen molar-refractivity contribution >= 4 is 17.5 Å². The average Bonchev–Trinajstić information content (AvgIpc) is 2.77. The molecule has 31 heavy (non-hydrogen) atoms. The van der Waals surface area contributed by atoms with Gasteiger partial charge in [-0.25, -0.2) is 9.97 Å². The van der Waals surface area contributed by atoms with Gasteiger partial charge in [0.25, 0.3) is 0 Å². The minimum atomic E-state index is -0.557. The third-order valence-corrected chi connectivity index (χ3v) is 5.12. The van der Waals surface area contributed by atoms with E-state index in [1.165, 1.54) is 12.3 Å². The van der Waals surface area contributed by atoms with Crippen molar-refractivity contribution in [3.05, 3.63) is 70.9 Å². The second-order valence-electron chi connectivity index (χ2n) is 6.74. The van der Waals surface area contributed by atoms with Crippen LogP contribution in [0.5, 0.6) is 0 Å². The smallest absolute Gasteiger partial charge is 0.249 e. The Kier molecular flexibility index (Phi) is 8.49. The van der Waals surface area contributed by atoms with Crippen LogP contribution in [0.4, 0.5) is 11.6 Å². The Hall–Kier alpha value is -3.48. The number of benzene rings is 1. The highest BCUT2D eigenvalue weighted by Crippen LogP contribution is 2.45. The van der Waals surface area contributed by atoms with Crippen molar-refractivity contribution in [3.63, 3.8) is 0 Å². The van der Waals surface area contributed by atoms with Crippen LogP contribution >= 0.6 is 0 Å². The van der Waals surface area contributed by atoms with Crippen LogP contribution in [0.25, 0.3) is 11.1 Å². The molecule has 3 aromatic rings. The summed E-state index contributed by atoms with van der Waals surface area (Å²) < 4.78 is 0. The first kappa shape index (κ1) is 23.8. The molecule has 0 atom stereocenters. The summed E-state index contributed by atoms with van der Waals surface area (Å²) in [5, 5.41) is 2.88. The molecule has 1 amide bonds. The van der Waals surface area contributed by atoms with Gasteiger partial charge in [-0.2, -0.15) is 0 Å². The molecule has 1 fully saturated rings. The standard InChI is InChI=1S/C20H19N5O2.2C2H6/c21-19-23-11-14(12-24-19)13-2-4-15(5-3-13)20(7-1-8-20)18(27)25-16-6-9-22-17(26)10-16;2*1-2/h2-6,9-12H,1,7-8H2,(H2,21,23,24)(H2,22,25,26,27);2*1-2H3. The lowest BCUT2D eigenvalue weighted by Gasteiger charge is -2.40. The van der Waals surface area contributed by atoms with Crippen molar-refractivity contribution in [2.45, 2.75) is 52.4 Å². The molecule has 0 spiro atoms. The van der Waals surface area contributed by atoms with Gasteiger partial charge in [0.05, 0.1) is 5.41 Å². The monoisotopic (exact) mass is 421 g/mol. The highest BCUT2D eigenvalue weighted by atomic mass is 16.2. The zero-order chi connectivity index (χ0) is 22.9. The maximum atomic E-state index is 13.0. The van der Waals surface area contributed by atoms with E-state index < -0.39 is 5.41 Å². The van der Waals surface area contributed by atoms with Crippen LogP contribution in [0.15, 0.2) is 59.8 Å². The lowest BCUT2D eigenvalue weighted by atomic mass is 9.63. The molecule has 4 N–H and O–H groups in total. The number of amides is 1. The van der Waals surface area contributed by atoms with Crippen molar-refractivity contribution in [2.75, 3.05) is 11.1 Å². The highest BCUT2D eigenvalue weighted by molar-refractivity contribution is 6.00. The average molecular weight is 422 g/mol. The van der Waals surface area contributed by atoms with Crippen LogP contribution in [0, 0.1) is 0 Å². The summed E-state index contributed by atoms with van der Waals surface area (Å²) in [5.41, 5.74) is 8.03. The second kappa shape index (κ2) is 11.1. The SMILES string of the molecule is CC.CC.Nc1ncc(-c2ccc(C3(C(=O)Nc4cc[nH]c(=O)c4)CCC3)cc2)cn1. The van der Waals surface area contributed by atoms with Gasteiger partial charge in [-0.1, -0.05) is 58.4 Å². The van der Waals surface area contributed by atoms with E-state index in [0.29, 0.717) is 5.69 Å². The van der Waals surface area contributed by atoms with Crippen LogP contribution in [0.1, 0.15) is 52.5 Å². The second-order valence-corrected chi connectivity index (χ2v) is 6.74. The first-order valence-electron chi connectivity index (χ1n) is 10.8. The molecular formula is C24H31N5O2. The summed E-state index contributed by atoms with van der Waals surface area (Å²) in [6.07, 6.45) is 7.44. The minimum Gasteiger partial charge on any atom is -0.368 e. The number of hydrogen-bond donors (Lipinski definition) is 3. The summed E-state index contributed by atoms with van der Waals surface area (Å²) in [7, 11) is 0. The van der Waals surface area contributed by atoms with Crippen LogP contribution in [0.2, 0.25) is 0 Å². The number of carbonyl (C=O) groups excluding carboxylic acids is 1. The van der Waals surface area contributed by atoms with E-state index in [9.17, 15) is 9.59 Å². The first-order chi connectivity index (χ1) is 15.1. The summed E-state index contributed by atoms with van der Waals surface area (Å²) in [6.45, 7) is 8.00. The van der Waals surface area contributed by atoms with Crippen LogP contribution < -0.4 is 16.6 Å². The zero-order valence-electron chi connectivity index (χ0n) is 18.6. The van der Waals surface area contributed by atoms with E-state index in [-0.39, 0.29) is 17.4 Å². The van der Waals surface area contributed by atoms with Gasteiger partial charge in [0.2, 0.25) is 17.4 Å². The Morgan fingerprint density at radius 3 is 2.13 bits per heavy atom. The summed E-state index contributed by atoms with van der Waals surface area (Å²) in [6, 6.07) is 10.9. The normalized spacial score (nSPS) is 13.4. The van der Waals surface area contributed by atoms with Gasteiger partial charge in [-0.05, 0) is 30.0 Å². The van der Waals surface area contributed by atoms with E-state index in [1.807, 2.05) is 52.0 Å². The van der Waals surface area contributed by atoms with Crippen molar-refractivity contribution < 1.29 is 4.79 Å². The van der Waals surface area contributed by atoms with E-state index >= 15 is 0 Å². The van der Waals surface area contributed by atoms with Crippen LogP contribution in [0.3, 0.4) is 0 Å². The fraction of sp³-hybridized carbons (Fsp3) is 0.333. The maximum absolute atomic E-state index is 13.0. The molecule has 0 aliphatic heterocycles. The summed E-state index contributed by atoms with van der Waals surface area (Å²) in [4.78, 5) is 35.0. The number of carbonyl (C=O) groups is 1. The molecule has 1 aromatic carbocycles. The van der Waals surface area contributed by atoms with Gasteiger partial charge >= 0.3 is 0 Å². The van der Waals surface area contributed by atoms with E-state index in [0.717, 1.165) is 36.0 Å². The molecular weight excluding hydrogens is 390 g/mol. The number of nitrogens with zero attached hydrogens (tertiary/aromatic N) is 2. The van der Waals surface area contributed by atoms with E-state index in [4.69, 9.17) is 5.73 Å². The van der Waals surface area contributed by atoms with Gasteiger partial charge in [-0.15, -0.1) is 0 Å². The number of hydrogen-bond acceptors (Lipinski definition) is 5. The molecule has 4 rings (SSSR count). The molecule has 0 radical (unpaired) electrons. The quantitative estimate of drug-likeness (QED) is 0.573.